The summed E-state index contributed by atoms with van der Waals surface area (Å²) in [5, 5.41) is 4.25. The van der Waals surface area contributed by atoms with E-state index >= 15 is 0 Å². The predicted molar refractivity (Wildman–Crippen MR) is 109 cm³/mol. The minimum absolute atomic E-state index is 0.0976. The number of hydrogen-bond donors (Lipinski definition) is 0. The number of hydrogen-bond acceptors (Lipinski definition) is 4. The van der Waals surface area contributed by atoms with E-state index in [0.29, 0.717) is 12.0 Å². The lowest BCUT2D eigenvalue weighted by Crippen LogP contribution is -2.53. The lowest BCUT2D eigenvalue weighted by Gasteiger charge is -2.39. The summed E-state index contributed by atoms with van der Waals surface area (Å²) in [7, 11) is 1.77. The molecule has 152 valence electrons. The Bertz CT molecular complexity index is 789. The molecule has 3 atom stereocenters. The highest BCUT2D eigenvalue weighted by Gasteiger charge is 2.56. The predicted octanol–water partition coefficient (Wildman–Crippen LogP) is 3.53. The zero-order chi connectivity index (χ0) is 20.9. The Morgan fingerprint density at radius 2 is 1.71 bits per heavy atom. The monoisotopic (exact) mass is 385 g/mol. The summed E-state index contributed by atoms with van der Waals surface area (Å²) in [6.45, 7) is 12.4. The van der Waals surface area contributed by atoms with Gasteiger partial charge in [-0.05, 0) is 12.1 Å². The zero-order valence-electron chi connectivity index (χ0n) is 17.9. The Kier molecular flexibility index (Phi) is 5.02. The Balaban J connectivity index is 2.00. The van der Waals surface area contributed by atoms with Crippen LogP contribution in [0.25, 0.3) is 0 Å². The maximum atomic E-state index is 13.5. The van der Waals surface area contributed by atoms with Crippen LogP contribution in [-0.4, -0.2) is 52.7 Å². The molecule has 1 saturated heterocycles. The minimum atomic E-state index is -0.689. The Labute approximate surface area is 167 Å². The van der Waals surface area contributed by atoms with Crippen LogP contribution in [0.5, 0.6) is 0 Å². The molecule has 0 radical (unpaired) electrons. The highest BCUT2D eigenvalue weighted by molar-refractivity contribution is 6.00. The molecule has 2 heterocycles. The Morgan fingerprint density at radius 1 is 1.11 bits per heavy atom. The molecule has 1 aromatic rings. The van der Waals surface area contributed by atoms with E-state index in [0.717, 1.165) is 5.71 Å². The van der Waals surface area contributed by atoms with Gasteiger partial charge in [-0.15, -0.1) is 0 Å². The summed E-state index contributed by atoms with van der Waals surface area (Å²) < 4.78 is 0. The van der Waals surface area contributed by atoms with Crippen molar-refractivity contribution in [1.29, 1.82) is 0 Å². The molecule has 0 aliphatic carbocycles. The zero-order valence-corrected chi connectivity index (χ0v) is 17.9. The molecule has 6 nitrogen and oxygen atoms in total. The van der Waals surface area contributed by atoms with Crippen LogP contribution < -0.4 is 0 Å². The van der Waals surface area contributed by atoms with Gasteiger partial charge in [-0.2, -0.15) is 0 Å². The molecule has 3 rings (SSSR count). The molecule has 1 aromatic carbocycles. The van der Waals surface area contributed by atoms with Crippen molar-refractivity contribution >= 4 is 17.5 Å². The van der Waals surface area contributed by atoms with Gasteiger partial charge in [-0.1, -0.05) is 64.9 Å². The largest absolute Gasteiger partial charge is 0.389 e. The van der Waals surface area contributed by atoms with Crippen LogP contribution in [0.15, 0.2) is 35.5 Å². The molecule has 2 amide bonds. The molecule has 6 heteroatoms. The smallest absolute Gasteiger partial charge is 0.256 e. The van der Waals surface area contributed by atoms with Crippen LogP contribution in [0.2, 0.25) is 0 Å². The van der Waals surface area contributed by atoms with Crippen molar-refractivity contribution < 1.29 is 14.4 Å². The molecule has 0 aromatic heterocycles. The van der Waals surface area contributed by atoms with Gasteiger partial charge in [0.2, 0.25) is 0 Å². The fourth-order valence-electron chi connectivity index (χ4n) is 4.10. The lowest BCUT2D eigenvalue weighted by atomic mass is 9.85. The highest BCUT2D eigenvalue weighted by atomic mass is 16.6. The molecule has 2 aliphatic rings. The van der Waals surface area contributed by atoms with Crippen molar-refractivity contribution in [2.75, 3.05) is 7.05 Å². The van der Waals surface area contributed by atoms with Gasteiger partial charge < -0.3 is 14.6 Å². The number of carbonyl (C=O) groups is 2. The first-order chi connectivity index (χ1) is 12.9. The van der Waals surface area contributed by atoms with Crippen molar-refractivity contribution in [1.82, 2.24) is 9.80 Å². The lowest BCUT2D eigenvalue weighted by molar-refractivity contribution is -0.132. The summed E-state index contributed by atoms with van der Waals surface area (Å²) >= 11 is 0. The van der Waals surface area contributed by atoms with E-state index in [1.165, 1.54) is 0 Å². The number of nitrogens with zero attached hydrogens (tertiary/aromatic N) is 3. The van der Waals surface area contributed by atoms with E-state index in [9.17, 15) is 9.59 Å². The van der Waals surface area contributed by atoms with E-state index in [4.69, 9.17) is 4.84 Å². The second kappa shape index (κ2) is 6.90. The fraction of sp³-hybridized carbons (Fsp3) is 0.591. The maximum Gasteiger partial charge on any atom is 0.256 e. The SMILES string of the molecule is CN1C(=O)[C@H](C2CC(C(C)(C)C)=NO2)N(C(=O)c2ccccc2)[C@H]1C(C)(C)C. The van der Waals surface area contributed by atoms with Crippen LogP contribution in [-0.2, 0) is 9.63 Å². The molecule has 2 aliphatic heterocycles. The summed E-state index contributed by atoms with van der Waals surface area (Å²) in [6, 6.07) is 8.43. The minimum Gasteiger partial charge on any atom is -0.389 e. The standard InChI is InChI=1S/C22H31N3O3/c1-21(2,3)16-13-15(28-23-16)17-19(27)24(7)20(22(4,5)6)25(17)18(26)14-11-9-8-10-12-14/h8-12,15,17,20H,13H2,1-7H3/t15?,17-,20-/m0/s1. The van der Waals surface area contributed by atoms with Crippen LogP contribution in [0.4, 0.5) is 0 Å². The number of oxime groups is 1. The Hall–Kier alpha value is -2.37. The first kappa shape index (κ1) is 20.4. The van der Waals surface area contributed by atoms with Gasteiger partial charge in [0, 0.05) is 29.9 Å². The summed E-state index contributed by atoms with van der Waals surface area (Å²) in [6.07, 6.45) is -0.285. The number of likely N-dealkylation sites (N-methyl/N-ethyl adjacent to an activating group) is 1. The van der Waals surface area contributed by atoms with Gasteiger partial charge in [0.1, 0.15) is 6.17 Å². The molecular weight excluding hydrogens is 354 g/mol. The van der Waals surface area contributed by atoms with Crippen LogP contribution >= 0.6 is 0 Å². The topological polar surface area (TPSA) is 62.2 Å². The van der Waals surface area contributed by atoms with Gasteiger partial charge in [0.05, 0.1) is 5.71 Å². The fourth-order valence-corrected chi connectivity index (χ4v) is 4.10. The molecule has 0 N–H and O–H groups in total. The summed E-state index contributed by atoms with van der Waals surface area (Å²) in [4.78, 5) is 35.9. The molecule has 0 spiro atoms. The molecule has 1 unspecified atom stereocenters. The average Bonchev–Trinajstić information content (AvgIpc) is 3.18. The van der Waals surface area contributed by atoms with Gasteiger partial charge in [0.15, 0.2) is 12.1 Å². The third-order valence-corrected chi connectivity index (χ3v) is 5.47. The molecular formula is C22H31N3O3. The van der Waals surface area contributed by atoms with E-state index in [1.807, 2.05) is 39.0 Å². The van der Waals surface area contributed by atoms with E-state index in [-0.39, 0.29) is 28.8 Å². The van der Waals surface area contributed by atoms with Crippen molar-refractivity contribution in [2.45, 2.75) is 66.3 Å². The molecule has 1 fully saturated rings. The third-order valence-electron chi connectivity index (χ3n) is 5.47. The normalized spacial score (nSPS) is 25.8. The third kappa shape index (κ3) is 3.52. The number of rotatable bonds is 2. The van der Waals surface area contributed by atoms with E-state index in [1.54, 1.807) is 29.0 Å². The summed E-state index contributed by atoms with van der Waals surface area (Å²) in [5.41, 5.74) is 1.04. The maximum absolute atomic E-state index is 13.5. The van der Waals surface area contributed by atoms with Gasteiger partial charge in [-0.3, -0.25) is 9.59 Å². The second-order valence-corrected chi connectivity index (χ2v) is 9.85. The van der Waals surface area contributed by atoms with E-state index < -0.39 is 12.1 Å². The van der Waals surface area contributed by atoms with Gasteiger partial charge in [0.25, 0.3) is 11.8 Å². The number of amides is 2. The number of carbonyl (C=O) groups excluding carboxylic acids is 2. The van der Waals surface area contributed by atoms with Gasteiger partial charge >= 0.3 is 0 Å². The number of benzene rings is 1. The first-order valence-electron chi connectivity index (χ1n) is 9.80. The van der Waals surface area contributed by atoms with Crippen LogP contribution in [0.1, 0.15) is 58.3 Å². The van der Waals surface area contributed by atoms with Crippen LogP contribution in [0, 0.1) is 10.8 Å². The van der Waals surface area contributed by atoms with Crippen molar-refractivity contribution in [2.24, 2.45) is 16.0 Å². The van der Waals surface area contributed by atoms with Crippen molar-refractivity contribution in [3.63, 3.8) is 0 Å². The van der Waals surface area contributed by atoms with Crippen molar-refractivity contribution in [3.05, 3.63) is 35.9 Å². The first-order valence-corrected chi connectivity index (χ1v) is 9.80. The highest BCUT2D eigenvalue weighted by Crippen LogP contribution is 2.39. The van der Waals surface area contributed by atoms with E-state index in [2.05, 4.69) is 25.9 Å². The Morgan fingerprint density at radius 3 is 2.21 bits per heavy atom. The van der Waals surface area contributed by atoms with Gasteiger partial charge in [-0.25, -0.2) is 0 Å². The molecule has 28 heavy (non-hydrogen) atoms. The van der Waals surface area contributed by atoms with Crippen LogP contribution in [0.3, 0.4) is 0 Å². The molecule has 0 saturated carbocycles. The second-order valence-electron chi connectivity index (χ2n) is 9.85. The van der Waals surface area contributed by atoms with Crippen molar-refractivity contribution in [3.8, 4) is 0 Å². The summed E-state index contributed by atoms with van der Waals surface area (Å²) in [5.74, 6) is -0.254. The average molecular weight is 386 g/mol. The quantitative estimate of drug-likeness (QED) is 0.782. The molecule has 0 bridgehead atoms.